The van der Waals surface area contributed by atoms with Crippen LogP contribution >= 0.6 is 0 Å². The number of aliphatic hydroxyl groups excluding tert-OH is 1. The number of rotatable bonds is 6. The molecule has 0 radical (unpaired) electrons. The van der Waals surface area contributed by atoms with Gasteiger partial charge in [-0.25, -0.2) is 4.79 Å². The molecule has 0 aliphatic carbocycles. The summed E-state index contributed by atoms with van der Waals surface area (Å²) in [5.74, 6) is -1.33. The van der Waals surface area contributed by atoms with Crippen molar-refractivity contribution in [2.24, 2.45) is 0 Å². The predicted octanol–water partition coefficient (Wildman–Crippen LogP) is 1.10. The van der Waals surface area contributed by atoms with E-state index in [0.29, 0.717) is 5.56 Å². The SMILES string of the molecule is COC(=O)C(O)CC(=O)/C=C/c1ccc([N+](=O)[O-])cc1. The second-order valence-electron chi connectivity index (χ2n) is 3.89. The number of hydrogen-bond donors (Lipinski definition) is 1. The van der Waals surface area contributed by atoms with Crippen LogP contribution in [0.2, 0.25) is 0 Å². The van der Waals surface area contributed by atoms with Crippen LogP contribution < -0.4 is 0 Å². The number of carbonyl (C=O) groups is 2. The fourth-order valence-corrected chi connectivity index (χ4v) is 1.37. The molecule has 1 unspecified atom stereocenters. The Morgan fingerprint density at radius 3 is 2.50 bits per heavy atom. The summed E-state index contributed by atoms with van der Waals surface area (Å²) in [6, 6.07) is 5.60. The van der Waals surface area contributed by atoms with Crippen LogP contribution in [0.5, 0.6) is 0 Å². The molecule has 0 aromatic heterocycles. The molecule has 106 valence electrons. The first-order valence-electron chi connectivity index (χ1n) is 5.65. The number of non-ortho nitro benzene ring substituents is 1. The highest BCUT2D eigenvalue weighted by atomic mass is 16.6. The fraction of sp³-hybridized carbons (Fsp3) is 0.231. The van der Waals surface area contributed by atoms with Crippen molar-refractivity contribution in [1.82, 2.24) is 0 Å². The summed E-state index contributed by atoms with van der Waals surface area (Å²) < 4.78 is 4.28. The highest BCUT2D eigenvalue weighted by Crippen LogP contribution is 2.13. The number of nitro groups is 1. The molecule has 0 bridgehead atoms. The number of nitrogens with zero attached hydrogens (tertiary/aromatic N) is 1. The Kier molecular flexibility index (Phi) is 5.55. The summed E-state index contributed by atoms with van der Waals surface area (Å²) >= 11 is 0. The lowest BCUT2D eigenvalue weighted by Gasteiger charge is -2.04. The first-order valence-corrected chi connectivity index (χ1v) is 5.65. The smallest absolute Gasteiger partial charge is 0.335 e. The van der Waals surface area contributed by atoms with Crippen LogP contribution in [0.3, 0.4) is 0 Å². The Bertz CT molecular complexity index is 534. The van der Waals surface area contributed by atoms with Gasteiger partial charge >= 0.3 is 5.97 Å². The van der Waals surface area contributed by atoms with Gasteiger partial charge in [-0.15, -0.1) is 0 Å². The van der Waals surface area contributed by atoms with Crippen molar-refractivity contribution in [3.05, 3.63) is 46.0 Å². The Labute approximate surface area is 114 Å². The maximum Gasteiger partial charge on any atom is 0.335 e. The molecule has 0 aliphatic rings. The standard InChI is InChI=1S/C13H13NO6/c1-20-13(17)12(16)8-11(15)7-4-9-2-5-10(6-3-9)14(18)19/h2-7,12,16H,8H2,1H3/b7-4+. The first-order chi connectivity index (χ1) is 9.43. The quantitative estimate of drug-likeness (QED) is 0.361. The molecule has 1 rings (SSSR count). The summed E-state index contributed by atoms with van der Waals surface area (Å²) in [5, 5.41) is 19.7. The van der Waals surface area contributed by atoms with Crippen molar-refractivity contribution in [1.29, 1.82) is 0 Å². The Morgan fingerprint density at radius 2 is 2.00 bits per heavy atom. The second-order valence-corrected chi connectivity index (χ2v) is 3.89. The molecule has 7 heteroatoms. The van der Waals surface area contributed by atoms with Gasteiger partial charge in [0.1, 0.15) is 0 Å². The molecule has 0 aliphatic heterocycles. The Morgan fingerprint density at radius 1 is 1.40 bits per heavy atom. The van der Waals surface area contributed by atoms with Crippen LogP contribution in [0.1, 0.15) is 12.0 Å². The summed E-state index contributed by atoms with van der Waals surface area (Å²) in [5.41, 5.74) is 0.547. The Hall–Kier alpha value is -2.54. The summed E-state index contributed by atoms with van der Waals surface area (Å²) in [4.78, 5) is 32.3. The van der Waals surface area contributed by atoms with Gasteiger partial charge in [0.25, 0.3) is 5.69 Å². The molecule has 0 fully saturated rings. The zero-order chi connectivity index (χ0) is 15.1. The van der Waals surface area contributed by atoms with E-state index in [9.17, 15) is 24.8 Å². The largest absolute Gasteiger partial charge is 0.467 e. The summed E-state index contributed by atoms with van der Waals surface area (Å²) in [7, 11) is 1.11. The van der Waals surface area contributed by atoms with E-state index in [4.69, 9.17) is 0 Å². The molecule has 20 heavy (non-hydrogen) atoms. The average molecular weight is 279 g/mol. The van der Waals surface area contributed by atoms with Crippen LogP contribution in [0.4, 0.5) is 5.69 Å². The number of benzene rings is 1. The monoisotopic (exact) mass is 279 g/mol. The van der Waals surface area contributed by atoms with Crippen molar-refractivity contribution in [2.75, 3.05) is 7.11 Å². The van der Waals surface area contributed by atoms with E-state index in [1.807, 2.05) is 0 Å². The van der Waals surface area contributed by atoms with Crippen molar-refractivity contribution < 1.29 is 24.4 Å². The van der Waals surface area contributed by atoms with Gasteiger partial charge in [-0.2, -0.15) is 0 Å². The number of aliphatic hydroxyl groups is 1. The van der Waals surface area contributed by atoms with E-state index in [0.717, 1.165) is 7.11 Å². The van der Waals surface area contributed by atoms with Crippen LogP contribution in [-0.2, 0) is 14.3 Å². The van der Waals surface area contributed by atoms with Gasteiger partial charge in [-0.05, 0) is 23.8 Å². The van der Waals surface area contributed by atoms with Crippen LogP contribution in [-0.4, -0.2) is 35.0 Å². The highest BCUT2D eigenvalue weighted by Gasteiger charge is 2.17. The molecule has 1 atom stereocenters. The molecule has 0 saturated carbocycles. The first kappa shape index (κ1) is 15.5. The normalized spacial score (nSPS) is 12.1. The minimum atomic E-state index is -1.49. The topological polar surface area (TPSA) is 107 Å². The molecule has 1 N–H and O–H groups in total. The maximum absolute atomic E-state index is 11.5. The van der Waals surface area contributed by atoms with E-state index >= 15 is 0 Å². The number of ether oxygens (including phenoxy) is 1. The number of allylic oxidation sites excluding steroid dienone is 1. The molecule has 1 aromatic rings. The molecule has 0 amide bonds. The zero-order valence-electron chi connectivity index (χ0n) is 10.7. The van der Waals surface area contributed by atoms with Gasteiger partial charge in [-0.3, -0.25) is 14.9 Å². The molecule has 0 heterocycles. The third-order valence-electron chi connectivity index (χ3n) is 2.43. The molecule has 0 spiro atoms. The number of esters is 1. The van der Waals surface area contributed by atoms with Gasteiger partial charge in [0.2, 0.25) is 0 Å². The van der Waals surface area contributed by atoms with Crippen LogP contribution in [0.25, 0.3) is 6.08 Å². The Balaban J connectivity index is 2.61. The number of methoxy groups -OCH3 is 1. The minimum Gasteiger partial charge on any atom is -0.467 e. The summed E-state index contributed by atoms with van der Waals surface area (Å²) in [6.07, 6.45) is 0.758. The van der Waals surface area contributed by atoms with Gasteiger partial charge in [0.05, 0.1) is 12.0 Å². The lowest BCUT2D eigenvalue weighted by atomic mass is 10.1. The van der Waals surface area contributed by atoms with Crippen molar-refractivity contribution in [3.8, 4) is 0 Å². The van der Waals surface area contributed by atoms with E-state index < -0.39 is 22.8 Å². The average Bonchev–Trinajstić information content (AvgIpc) is 2.44. The minimum absolute atomic E-state index is 0.0467. The zero-order valence-corrected chi connectivity index (χ0v) is 10.7. The lowest BCUT2D eigenvalue weighted by molar-refractivity contribution is -0.384. The molecular formula is C13H13NO6. The number of carbonyl (C=O) groups excluding carboxylic acids is 2. The van der Waals surface area contributed by atoms with E-state index in [2.05, 4.69) is 4.74 Å². The number of ketones is 1. The van der Waals surface area contributed by atoms with E-state index in [1.54, 1.807) is 0 Å². The molecular weight excluding hydrogens is 266 g/mol. The predicted molar refractivity (Wildman–Crippen MR) is 69.8 cm³/mol. The highest BCUT2D eigenvalue weighted by molar-refractivity contribution is 5.96. The van der Waals surface area contributed by atoms with Crippen LogP contribution in [0.15, 0.2) is 30.3 Å². The van der Waals surface area contributed by atoms with Crippen molar-refractivity contribution >= 4 is 23.5 Å². The van der Waals surface area contributed by atoms with Crippen molar-refractivity contribution in [2.45, 2.75) is 12.5 Å². The molecule has 1 aromatic carbocycles. The van der Waals surface area contributed by atoms with Gasteiger partial charge < -0.3 is 9.84 Å². The van der Waals surface area contributed by atoms with Gasteiger partial charge in [-0.1, -0.05) is 6.08 Å². The van der Waals surface area contributed by atoms with Crippen molar-refractivity contribution in [3.63, 3.8) is 0 Å². The third-order valence-corrected chi connectivity index (χ3v) is 2.43. The van der Waals surface area contributed by atoms with E-state index in [-0.39, 0.29) is 12.1 Å². The number of nitro benzene ring substituents is 1. The molecule has 0 saturated heterocycles. The van der Waals surface area contributed by atoms with E-state index in [1.165, 1.54) is 36.4 Å². The third kappa shape index (κ3) is 4.62. The van der Waals surface area contributed by atoms with Gasteiger partial charge in [0.15, 0.2) is 11.9 Å². The fourth-order valence-electron chi connectivity index (χ4n) is 1.37. The second kappa shape index (κ2) is 7.15. The maximum atomic E-state index is 11.5. The lowest BCUT2D eigenvalue weighted by Crippen LogP contribution is -2.24. The van der Waals surface area contributed by atoms with Crippen LogP contribution in [0, 0.1) is 10.1 Å². The number of hydrogen-bond acceptors (Lipinski definition) is 6. The summed E-state index contributed by atoms with van der Waals surface area (Å²) in [6.45, 7) is 0. The van der Waals surface area contributed by atoms with Gasteiger partial charge in [0, 0.05) is 18.6 Å². The molecule has 7 nitrogen and oxygen atoms in total.